The highest BCUT2D eigenvalue weighted by atomic mass is 16.2. The van der Waals surface area contributed by atoms with Crippen LogP contribution in [0.5, 0.6) is 0 Å². The van der Waals surface area contributed by atoms with Crippen molar-refractivity contribution >= 4 is 11.8 Å². The first-order chi connectivity index (χ1) is 27.4. The Hall–Kier alpha value is -3.88. The van der Waals surface area contributed by atoms with E-state index >= 15 is 0 Å². The quantitative estimate of drug-likeness (QED) is 0.0648. The standard InChI is InChI=1S/C48H76N6O2/c1-3-5-7-13-19-25-43(35-49)45(37-51)27-21-15-9-11-17-23-29-47(55)53-39-41-31-33-42(34-32-41)40-54-48(56)30-24-18-12-10-16-22-28-46(38-52)44(36-50)26-20-14-8-6-4-2/h31-34,43-46H,3-30,39-40H2,1-2H3,(H,53,55)(H,54,56). The molecule has 0 aliphatic heterocycles. The monoisotopic (exact) mass is 769 g/mol. The topological polar surface area (TPSA) is 153 Å². The molecule has 0 saturated heterocycles. The summed E-state index contributed by atoms with van der Waals surface area (Å²) in [6, 6.07) is 17.6. The highest BCUT2D eigenvalue weighted by Crippen LogP contribution is 2.26. The Bertz CT molecular complexity index is 1220. The zero-order valence-corrected chi connectivity index (χ0v) is 35.4. The first kappa shape index (κ1) is 50.1. The Morgan fingerprint density at radius 3 is 0.946 bits per heavy atom. The summed E-state index contributed by atoms with van der Waals surface area (Å²) in [6.07, 6.45) is 28.3. The van der Waals surface area contributed by atoms with Crippen molar-refractivity contribution in [3.05, 3.63) is 35.4 Å². The van der Waals surface area contributed by atoms with Gasteiger partial charge in [-0.2, -0.15) is 21.0 Å². The first-order valence-electron chi connectivity index (χ1n) is 22.6. The van der Waals surface area contributed by atoms with Gasteiger partial charge in [0, 0.05) is 25.9 Å². The molecule has 0 heterocycles. The molecule has 1 rings (SSSR count). The van der Waals surface area contributed by atoms with Crippen molar-refractivity contribution in [1.82, 2.24) is 10.6 Å². The minimum atomic E-state index is -0.155. The number of carbonyl (C=O) groups is 2. The summed E-state index contributed by atoms with van der Waals surface area (Å²) in [5.41, 5.74) is 2.06. The van der Waals surface area contributed by atoms with Crippen molar-refractivity contribution in [3.8, 4) is 24.3 Å². The number of nitriles is 4. The molecule has 0 bridgehead atoms. The lowest BCUT2D eigenvalue weighted by Crippen LogP contribution is -2.23. The second kappa shape index (κ2) is 35.5. The van der Waals surface area contributed by atoms with E-state index in [1.54, 1.807) is 0 Å². The second-order valence-corrected chi connectivity index (χ2v) is 16.0. The number of hydrogen-bond donors (Lipinski definition) is 2. The fourth-order valence-electron chi connectivity index (χ4n) is 7.43. The summed E-state index contributed by atoms with van der Waals surface area (Å²) >= 11 is 0. The molecule has 4 unspecified atom stereocenters. The normalized spacial score (nSPS) is 13.0. The van der Waals surface area contributed by atoms with Crippen LogP contribution in [0.2, 0.25) is 0 Å². The van der Waals surface area contributed by atoms with E-state index in [2.05, 4.69) is 48.8 Å². The maximum Gasteiger partial charge on any atom is 0.220 e. The van der Waals surface area contributed by atoms with Gasteiger partial charge >= 0.3 is 0 Å². The molecule has 0 saturated carbocycles. The summed E-state index contributed by atoms with van der Waals surface area (Å²) in [5, 5.41) is 44.4. The van der Waals surface area contributed by atoms with E-state index in [0.717, 1.165) is 140 Å². The van der Waals surface area contributed by atoms with Gasteiger partial charge < -0.3 is 10.6 Å². The third-order valence-corrected chi connectivity index (χ3v) is 11.2. The number of carbonyl (C=O) groups excluding carboxylic acids is 2. The minimum absolute atomic E-state index is 0.0654. The van der Waals surface area contributed by atoms with Gasteiger partial charge in [-0.3, -0.25) is 9.59 Å². The molecule has 0 aliphatic carbocycles. The Labute approximate surface area is 342 Å². The smallest absolute Gasteiger partial charge is 0.220 e. The summed E-state index contributed by atoms with van der Waals surface area (Å²) < 4.78 is 0. The van der Waals surface area contributed by atoms with E-state index in [0.29, 0.717) is 25.9 Å². The molecule has 2 N–H and O–H groups in total. The molecule has 0 spiro atoms. The van der Waals surface area contributed by atoms with Crippen LogP contribution in [-0.2, 0) is 22.7 Å². The van der Waals surface area contributed by atoms with Gasteiger partial charge in [0.1, 0.15) is 0 Å². The molecule has 2 amide bonds. The molecule has 0 aliphatic rings. The molecule has 310 valence electrons. The van der Waals surface area contributed by atoms with Crippen molar-refractivity contribution in [2.75, 3.05) is 0 Å². The molecule has 1 aromatic rings. The first-order valence-corrected chi connectivity index (χ1v) is 22.6. The molecule has 56 heavy (non-hydrogen) atoms. The maximum absolute atomic E-state index is 12.4. The van der Waals surface area contributed by atoms with E-state index in [4.69, 9.17) is 0 Å². The molecular weight excluding hydrogens is 693 g/mol. The molecular formula is C48H76N6O2. The van der Waals surface area contributed by atoms with Crippen LogP contribution in [0.4, 0.5) is 0 Å². The minimum Gasteiger partial charge on any atom is -0.352 e. The largest absolute Gasteiger partial charge is 0.352 e. The van der Waals surface area contributed by atoms with Gasteiger partial charge in [-0.05, 0) is 49.7 Å². The van der Waals surface area contributed by atoms with Crippen LogP contribution in [0, 0.1) is 69.0 Å². The zero-order valence-electron chi connectivity index (χ0n) is 35.4. The van der Waals surface area contributed by atoms with Gasteiger partial charge in [0.15, 0.2) is 0 Å². The zero-order chi connectivity index (χ0) is 40.9. The second-order valence-electron chi connectivity index (χ2n) is 16.0. The predicted octanol–water partition coefficient (Wildman–Crippen LogP) is 12.4. The van der Waals surface area contributed by atoms with Gasteiger partial charge in [0.05, 0.1) is 47.9 Å². The van der Waals surface area contributed by atoms with E-state index in [-0.39, 0.29) is 35.5 Å². The number of unbranched alkanes of at least 4 members (excludes halogenated alkanes) is 18. The van der Waals surface area contributed by atoms with Crippen molar-refractivity contribution < 1.29 is 9.59 Å². The molecule has 1 aromatic carbocycles. The van der Waals surface area contributed by atoms with Crippen LogP contribution in [0.15, 0.2) is 24.3 Å². The number of benzene rings is 1. The Morgan fingerprint density at radius 1 is 0.429 bits per heavy atom. The van der Waals surface area contributed by atoms with E-state index in [9.17, 15) is 30.6 Å². The average molecular weight is 769 g/mol. The fourth-order valence-corrected chi connectivity index (χ4v) is 7.43. The van der Waals surface area contributed by atoms with Crippen LogP contribution < -0.4 is 10.6 Å². The van der Waals surface area contributed by atoms with Crippen molar-refractivity contribution in [3.63, 3.8) is 0 Å². The van der Waals surface area contributed by atoms with Crippen LogP contribution in [-0.4, -0.2) is 11.8 Å². The third kappa shape index (κ3) is 26.1. The van der Waals surface area contributed by atoms with Gasteiger partial charge in [-0.25, -0.2) is 0 Å². The Balaban J connectivity index is 2.09. The van der Waals surface area contributed by atoms with Gasteiger partial charge in [0.25, 0.3) is 0 Å². The van der Waals surface area contributed by atoms with Crippen molar-refractivity contribution in [2.45, 2.75) is 207 Å². The van der Waals surface area contributed by atoms with Gasteiger partial charge in [0.2, 0.25) is 11.8 Å². The number of rotatable bonds is 36. The molecule has 4 atom stereocenters. The molecule has 0 radical (unpaired) electrons. The van der Waals surface area contributed by atoms with E-state index in [1.165, 1.54) is 38.5 Å². The number of nitrogens with zero attached hydrogens (tertiary/aromatic N) is 4. The Morgan fingerprint density at radius 2 is 0.679 bits per heavy atom. The van der Waals surface area contributed by atoms with Gasteiger partial charge in [-0.15, -0.1) is 0 Å². The highest BCUT2D eigenvalue weighted by Gasteiger charge is 2.21. The molecule has 0 fully saturated rings. The summed E-state index contributed by atoms with van der Waals surface area (Å²) in [7, 11) is 0. The Kier molecular flexibility index (Phi) is 31.8. The lowest BCUT2D eigenvalue weighted by Gasteiger charge is -2.15. The van der Waals surface area contributed by atoms with E-state index < -0.39 is 0 Å². The van der Waals surface area contributed by atoms with Crippen molar-refractivity contribution in [1.29, 1.82) is 21.0 Å². The summed E-state index contributed by atoms with van der Waals surface area (Å²) in [5.74, 6) is -0.464. The van der Waals surface area contributed by atoms with Crippen LogP contribution in [0.1, 0.15) is 205 Å². The van der Waals surface area contributed by atoms with Crippen molar-refractivity contribution in [2.24, 2.45) is 23.7 Å². The van der Waals surface area contributed by atoms with Gasteiger partial charge in [-0.1, -0.05) is 167 Å². The molecule has 8 heteroatoms. The fraction of sp³-hybridized carbons (Fsp3) is 0.750. The van der Waals surface area contributed by atoms with Crippen LogP contribution in [0.25, 0.3) is 0 Å². The lowest BCUT2D eigenvalue weighted by atomic mass is 9.86. The molecule has 0 aromatic heterocycles. The number of amides is 2. The predicted molar refractivity (Wildman–Crippen MR) is 227 cm³/mol. The number of nitrogens with one attached hydrogen (secondary N) is 2. The third-order valence-electron chi connectivity index (χ3n) is 11.2. The summed E-state index contributed by atoms with van der Waals surface area (Å²) in [6.45, 7) is 5.38. The number of hydrogen-bond acceptors (Lipinski definition) is 6. The lowest BCUT2D eigenvalue weighted by molar-refractivity contribution is -0.122. The van der Waals surface area contributed by atoms with Crippen LogP contribution >= 0.6 is 0 Å². The highest BCUT2D eigenvalue weighted by molar-refractivity contribution is 5.76. The van der Waals surface area contributed by atoms with E-state index in [1.807, 2.05) is 24.3 Å². The summed E-state index contributed by atoms with van der Waals surface area (Å²) in [4.78, 5) is 24.8. The molecule has 8 nitrogen and oxygen atoms in total. The average Bonchev–Trinajstić information content (AvgIpc) is 3.22. The SMILES string of the molecule is CCCCCCCC(C#N)C(C#N)CCCCCCCCC(=O)NCc1ccc(CNC(=O)CCCCCCCCC(C#N)C(C#N)CCCCCCC)cc1. The van der Waals surface area contributed by atoms with Crippen LogP contribution in [0.3, 0.4) is 0 Å². The maximum atomic E-state index is 12.4.